The largest absolute Gasteiger partial charge is 0.478 e. The molecule has 0 aliphatic rings. The SMILES string of the molecule is Nc1ccc(-c2cc(N)ccc2C=CC(=O)O)cc1. The summed E-state index contributed by atoms with van der Waals surface area (Å²) in [5.41, 5.74) is 15.3. The Kier molecular flexibility index (Phi) is 3.52. The molecule has 2 rings (SSSR count). The normalized spacial score (nSPS) is 10.7. The molecule has 2 aromatic rings. The van der Waals surface area contributed by atoms with Gasteiger partial charge >= 0.3 is 5.97 Å². The van der Waals surface area contributed by atoms with Crippen LogP contribution in [0.4, 0.5) is 11.4 Å². The Morgan fingerprint density at radius 2 is 1.63 bits per heavy atom. The first kappa shape index (κ1) is 12.7. The highest BCUT2D eigenvalue weighted by Crippen LogP contribution is 2.27. The number of hydrogen-bond donors (Lipinski definition) is 3. The number of nitrogen functional groups attached to an aromatic ring is 2. The highest BCUT2D eigenvalue weighted by Gasteiger charge is 2.04. The van der Waals surface area contributed by atoms with Crippen molar-refractivity contribution in [2.75, 3.05) is 11.5 Å². The summed E-state index contributed by atoms with van der Waals surface area (Å²) in [6, 6.07) is 12.7. The molecule has 2 aromatic carbocycles. The zero-order valence-electron chi connectivity index (χ0n) is 10.2. The zero-order chi connectivity index (χ0) is 13.8. The van der Waals surface area contributed by atoms with Crippen molar-refractivity contribution in [1.82, 2.24) is 0 Å². The Balaban J connectivity index is 2.51. The minimum atomic E-state index is -0.986. The topological polar surface area (TPSA) is 89.3 Å². The molecule has 0 amide bonds. The number of carboxylic acids is 1. The Hall–Kier alpha value is -2.75. The van der Waals surface area contributed by atoms with E-state index in [0.29, 0.717) is 11.4 Å². The molecule has 0 fully saturated rings. The monoisotopic (exact) mass is 254 g/mol. The van der Waals surface area contributed by atoms with Gasteiger partial charge in [-0.3, -0.25) is 0 Å². The Bertz CT molecular complexity index is 631. The lowest BCUT2D eigenvalue weighted by atomic mass is 9.98. The standard InChI is InChI=1S/C15H14N2O2/c16-12-5-1-10(2-6-12)14-9-13(17)7-3-11(14)4-8-15(18)19/h1-9H,16-17H2,(H,18,19). The average Bonchev–Trinajstić information content (AvgIpc) is 2.38. The first-order valence-electron chi connectivity index (χ1n) is 5.73. The lowest BCUT2D eigenvalue weighted by molar-refractivity contribution is -0.131. The van der Waals surface area contributed by atoms with E-state index in [4.69, 9.17) is 16.6 Å². The molecule has 0 spiro atoms. The summed E-state index contributed by atoms with van der Waals surface area (Å²) in [5, 5.41) is 8.70. The molecular formula is C15H14N2O2. The molecule has 4 nitrogen and oxygen atoms in total. The van der Waals surface area contributed by atoms with E-state index in [1.54, 1.807) is 30.3 Å². The van der Waals surface area contributed by atoms with E-state index in [9.17, 15) is 4.79 Å². The molecule has 0 aromatic heterocycles. The van der Waals surface area contributed by atoms with Crippen LogP contribution in [0.5, 0.6) is 0 Å². The van der Waals surface area contributed by atoms with Gasteiger partial charge in [0.2, 0.25) is 0 Å². The van der Waals surface area contributed by atoms with Gasteiger partial charge in [0, 0.05) is 17.5 Å². The van der Waals surface area contributed by atoms with Crippen molar-refractivity contribution in [2.24, 2.45) is 0 Å². The summed E-state index contributed by atoms with van der Waals surface area (Å²) in [4.78, 5) is 10.6. The second kappa shape index (κ2) is 5.27. The van der Waals surface area contributed by atoms with E-state index in [1.807, 2.05) is 18.2 Å². The number of nitrogens with two attached hydrogens (primary N) is 2. The molecule has 0 radical (unpaired) electrons. The van der Waals surface area contributed by atoms with E-state index < -0.39 is 5.97 Å². The summed E-state index contributed by atoms with van der Waals surface area (Å²) in [6.07, 6.45) is 2.65. The van der Waals surface area contributed by atoms with Gasteiger partial charge in [-0.05, 0) is 47.0 Å². The molecule has 0 atom stereocenters. The summed E-state index contributed by atoms with van der Waals surface area (Å²) in [7, 11) is 0. The minimum Gasteiger partial charge on any atom is -0.478 e. The van der Waals surface area contributed by atoms with Gasteiger partial charge in [-0.1, -0.05) is 18.2 Å². The molecule has 4 heteroatoms. The average molecular weight is 254 g/mol. The van der Waals surface area contributed by atoms with Crippen LogP contribution in [0.25, 0.3) is 17.2 Å². The first-order chi connectivity index (χ1) is 9.06. The molecular weight excluding hydrogens is 240 g/mol. The fourth-order valence-electron chi connectivity index (χ4n) is 1.79. The Labute approximate surface area is 111 Å². The van der Waals surface area contributed by atoms with Gasteiger partial charge in [0.15, 0.2) is 0 Å². The van der Waals surface area contributed by atoms with Gasteiger partial charge in [0.25, 0.3) is 0 Å². The maximum atomic E-state index is 10.6. The molecule has 19 heavy (non-hydrogen) atoms. The van der Waals surface area contributed by atoms with Crippen molar-refractivity contribution < 1.29 is 9.90 Å². The predicted molar refractivity (Wildman–Crippen MR) is 77.4 cm³/mol. The summed E-state index contributed by atoms with van der Waals surface area (Å²) in [5.74, 6) is -0.986. The van der Waals surface area contributed by atoms with E-state index in [2.05, 4.69) is 0 Å². The fraction of sp³-hybridized carbons (Fsp3) is 0. The number of benzene rings is 2. The van der Waals surface area contributed by atoms with E-state index in [-0.39, 0.29) is 0 Å². The molecule has 0 saturated heterocycles. The summed E-state index contributed by atoms with van der Waals surface area (Å²) < 4.78 is 0. The summed E-state index contributed by atoms with van der Waals surface area (Å²) in [6.45, 7) is 0. The smallest absolute Gasteiger partial charge is 0.328 e. The van der Waals surface area contributed by atoms with Crippen LogP contribution < -0.4 is 11.5 Å². The number of hydrogen-bond acceptors (Lipinski definition) is 3. The third-order valence-corrected chi connectivity index (χ3v) is 2.70. The van der Waals surface area contributed by atoms with Gasteiger partial charge in [0.05, 0.1) is 0 Å². The predicted octanol–water partition coefficient (Wildman–Crippen LogP) is 2.62. The van der Waals surface area contributed by atoms with Crippen molar-refractivity contribution in [3.63, 3.8) is 0 Å². The van der Waals surface area contributed by atoms with Gasteiger partial charge in [-0.15, -0.1) is 0 Å². The Morgan fingerprint density at radius 3 is 2.26 bits per heavy atom. The first-order valence-corrected chi connectivity index (χ1v) is 5.73. The van der Waals surface area contributed by atoms with Crippen LogP contribution in [0.15, 0.2) is 48.5 Å². The second-order valence-electron chi connectivity index (χ2n) is 4.14. The van der Waals surface area contributed by atoms with Crippen molar-refractivity contribution in [2.45, 2.75) is 0 Å². The van der Waals surface area contributed by atoms with Gasteiger partial charge in [-0.25, -0.2) is 4.79 Å². The number of carboxylic acid groups (broad SMARTS) is 1. The van der Waals surface area contributed by atoms with Crippen LogP contribution in [0, 0.1) is 0 Å². The van der Waals surface area contributed by atoms with Crippen LogP contribution in [-0.4, -0.2) is 11.1 Å². The molecule has 0 unspecified atom stereocenters. The zero-order valence-corrected chi connectivity index (χ0v) is 10.2. The second-order valence-corrected chi connectivity index (χ2v) is 4.14. The third kappa shape index (κ3) is 3.13. The van der Waals surface area contributed by atoms with Crippen molar-refractivity contribution in [3.05, 3.63) is 54.1 Å². The van der Waals surface area contributed by atoms with Gasteiger partial charge in [-0.2, -0.15) is 0 Å². The maximum Gasteiger partial charge on any atom is 0.328 e. The molecule has 5 N–H and O–H groups in total. The van der Waals surface area contributed by atoms with E-state index in [1.165, 1.54) is 0 Å². The van der Waals surface area contributed by atoms with Crippen molar-refractivity contribution >= 4 is 23.4 Å². The van der Waals surface area contributed by atoms with Crippen LogP contribution >= 0.6 is 0 Å². The van der Waals surface area contributed by atoms with E-state index in [0.717, 1.165) is 22.8 Å². The molecule has 0 bridgehead atoms. The molecule has 0 heterocycles. The number of carbonyl (C=O) groups is 1. The maximum absolute atomic E-state index is 10.6. The lowest BCUT2D eigenvalue weighted by Crippen LogP contribution is -1.91. The molecule has 0 aliphatic carbocycles. The van der Waals surface area contributed by atoms with Gasteiger partial charge in [0.1, 0.15) is 0 Å². The highest BCUT2D eigenvalue weighted by molar-refractivity contribution is 5.88. The van der Waals surface area contributed by atoms with Crippen molar-refractivity contribution in [1.29, 1.82) is 0 Å². The molecule has 96 valence electrons. The third-order valence-electron chi connectivity index (χ3n) is 2.70. The number of anilines is 2. The highest BCUT2D eigenvalue weighted by atomic mass is 16.4. The minimum absolute atomic E-state index is 0.624. The summed E-state index contributed by atoms with van der Waals surface area (Å²) >= 11 is 0. The number of rotatable bonds is 3. The quantitative estimate of drug-likeness (QED) is 0.580. The number of aliphatic carboxylic acids is 1. The van der Waals surface area contributed by atoms with Crippen LogP contribution in [0.2, 0.25) is 0 Å². The van der Waals surface area contributed by atoms with Gasteiger partial charge < -0.3 is 16.6 Å². The van der Waals surface area contributed by atoms with Crippen molar-refractivity contribution in [3.8, 4) is 11.1 Å². The van der Waals surface area contributed by atoms with E-state index >= 15 is 0 Å². The fourth-order valence-corrected chi connectivity index (χ4v) is 1.79. The lowest BCUT2D eigenvalue weighted by Gasteiger charge is -2.08. The molecule has 0 saturated carbocycles. The van der Waals surface area contributed by atoms with Crippen LogP contribution in [0.3, 0.4) is 0 Å². The Morgan fingerprint density at radius 1 is 1.00 bits per heavy atom. The van der Waals surface area contributed by atoms with Crippen LogP contribution in [-0.2, 0) is 4.79 Å². The van der Waals surface area contributed by atoms with Crippen LogP contribution in [0.1, 0.15) is 5.56 Å². The molecule has 0 aliphatic heterocycles.